The lowest BCUT2D eigenvalue weighted by molar-refractivity contribution is -0.118. The summed E-state index contributed by atoms with van der Waals surface area (Å²) in [5, 5.41) is 0. The summed E-state index contributed by atoms with van der Waals surface area (Å²) in [4.78, 5) is 14.6. The molecular formula is C18H19ClN2O3. The normalized spacial score (nSPS) is 14.8. The van der Waals surface area contributed by atoms with Gasteiger partial charge in [0.25, 0.3) is 0 Å². The fourth-order valence-electron chi connectivity index (χ4n) is 3.23. The van der Waals surface area contributed by atoms with Crippen molar-refractivity contribution in [1.82, 2.24) is 0 Å². The number of halogens is 1. The Labute approximate surface area is 146 Å². The monoisotopic (exact) mass is 346 g/mol. The summed E-state index contributed by atoms with van der Waals surface area (Å²) >= 11 is 0. The van der Waals surface area contributed by atoms with Crippen LogP contribution in [0.15, 0.2) is 36.4 Å². The molecule has 126 valence electrons. The van der Waals surface area contributed by atoms with E-state index in [4.69, 9.17) is 15.2 Å². The Balaban J connectivity index is 0.00000169. The van der Waals surface area contributed by atoms with Gasteiger partial charge < -0.3 is 20.1 Å². The second kappa shape index (κ2) is 6.61. The molecule has 0 saturated carbocycles. The van der Waals surface area contributed by atoms with Gasteiger partial charge in [-0.25, -0.2) is 0 Å². The van der Waals surface area contributed by atoms with E-state index in [1.54, 1.807) is 0 Å². The first-order valence-electron chi connectivity index (χ1n) is 7.78. The largest absolute Gasteiger partial charge is 0.454 e. The van der Waals surface area contributed by atoms with Gasteiger partial charge in [0.05, 0.1) is 6.42 Å². The van der Waals surface area contributed by atoms with Gasteiger partial charge in [0.2, 0.25) is 12.7 Å². The zero-order valence-electron chi connectivity index (χ0n) is 13.2. The number of hydrogen-bond donors (Lipinski definition) is 1. The molecule has 1 amide bonds. The lowest BCUT2D eigenvalue weighted by Gasteiger charge is -2.30. The first kappa shape index (κ1) is 16.5. The van der Waals surface area contributed by atoms with E-state index in [1.807, 2.05) is 41.3 Å². The van der Waals surface area contributed by atoms with E-state index < -0.39 is 0 Å². The van der Waals surface area contributed by atoms with E-state index in [2.05, 4.69) is 0 Å². The minimum Gasteiger partial charge on any atom is -0.454 e. The summed E-state index contributed by atoms with van der Waals surface area (Å²) < 4.78 is 10.7. The van der Waals surface area contributed by atoms with Crippen molar-refractivity contribution in [1.29, 1.82) is 0 Å². The van der Waals surface area contributed by atoms with Gasteiger partial charge >= 0.3 is 0 Å². The molecule has 2 N–H and O–H groups in total. The van der Waals surface area contributed by atoms with Gasteiger partial charge in [-0.2, -0.15) is 0 Å². The average Bonchev–Trinajstić information content (AvgIpc) is 3.02. The maximum Gasteiger partial charge on any atom is 0.231 e. The van der Waals surface area contributed by atoms with Crippen molar-refractivity contribution in [3.05, 3.63) is 47.5 Å². The molecule has 2 heterocycles. The van der Waals surface area contributed by atoms with Crippen LogP contribution < -0.4 is 20.1 Å². The Morgan fingerprint density at radius 3 is 2.88 bits per heavy atom. The Kier molecular flexibility index (Phi) is 4.53. The van der Waals surface area contributed by atoms with E-state index in [9.17, 15) is 4.79 Å². The molecule has 2 aromatic rings. The summed E-state index contributed by atoms with van der Waals surface area (Å²) in [5.41, 5.74) is 9.77. The van der Waals surface area contributed by atoms with Crippen molar-refractivity contribution in [2.75, 3.05) is 24.0 Å². The Hall–Kier alpha value is -2.40. The molecular weight excluding hydrogens is 328 g/mol. The van der Waals surface area contributed by atoms with Crippen molar-refractivity contribution >= 4 is 29.7 Å². The van der Waals surface area contributed by atoms with Crippen molar-refractivity contribution in [3.63, 3.8) is 0 Å². The van der Waals surface area contributed by atoms with Crippen LogP contribution >= 0.6 is 12.4 Å². The second-order valence-electron chi connectivity index (χ2n) is 5.86. The zero-order valence-corrected chi connectivity index (χ0v) is 14.0. The van der Waals surface area contributed by atoms with Crippen LogP contribution in [0.2, 0.25) is 0 Å². The summed E-state index contributed by atoms with van der Waals surface area (Å²) in [5.74, 6) is 1.52. The van der Waals surface area contributed by atoms with E-state index in [0.717, 1.165) is 47.6 Å². The number of nitrogen functional groups attached to an aromatic ring is 1. The van der Waals surface area contributed by atoms with Crippen LogP contribution in [0.25, 0.3) is 0 Å². The summed E-state index contributed by atoms with van der Waals surface area (Å²) in [7, 11) is 0. The molecule has 0 spiro atoms. The van der Waals surface area contributed by atoms with Crippen molar-refractivity contribution in [2.45, 2.75) is 19.3 Å². The molecule has 5 nitrogen and oxygen atoms in total. The molecule has 0 fully saturated rings. The maximum atomic E-state index is 12.8. The molecule has 0 saturated heterocycles. The number of benzene rings is 2. The molecule has 0 unspecified atom stereocenters. The van der Waals surface area contributed by atoms with Gasteiger partial charge in [0, 0.05) is 17.9 Å². The molecule has 6 heteroatoms. The summed E-state index contributed by atoms with van der Waals surface area (Å²) in [6.45, 7) is 0.978. The third-order valence-electron chi connectivity index (χ3n) is 4.38. The fourth-order valence-corrected chi connectivity index (χ4v) is 3.23. The number of fused-ring (bicyclic) bond motifs is 2. The molecule has 2 aliphatic rings. The second-order valence-corrected chi connectivity index (χ2v) is 5.86. The van der Waals surface area contributed by atoms with Gasteiger partial charge in [0.15, 0.2) is 11.5 Å². The van der Waals surface area contributed by atoms with Gasteiger partial charge in [-0.15, -0.1) is 12.4 Å². The molecule has 0 radical (unpaired) electrons. The molecule has 2 aliphatic heterocycles. The quantitative estimate of drug-likeness (QED) is 0.849. The first-order valence-corrected chi connectivity index (χ1v) is 7.78. The minimum atomic E-state index is 0. The molecule has 0 bridgehead atoms. The van der Waals surface area contributed by atoms with E-state index in [-0.39, 0.29) is 25.1 Å². The Morgan fingerprint density at radius 2 is 2.00 bits per heavy atom. The third kappa shape index (κ3) is 2.87. The number of anilines is 2. The van der Waals surface area contributed by atoms with Crippen LogP contribution in [0.5, 0.6) is 11.5 Å². The Bertz CT molecular complexity index is 779. The lowest BCUT2D eigenvalue weighted by atomic mass is 9.99. The van der Waals surface area contributed by atoms with Gasteiger partial charge in [-0.3, -0.25) is 4.79 Å². The van der Waals surface area contributed by atoms with Crippen LogP contribution in [0.1, 0.15) is 17.5 Å². The predicted molar refractivity (Wildman–Crippen MR) is 95.0 cm³/mol. The first-order chi connectivity index (χ1) is 11.2. The van der Waals surface area contributed by atoms with Crippen LogP contribution in [0.3, 0.4) is 0 Å². The van der Waals surface area contributed by atoms with E-state index in [0.29, 0.717) is 12.2 Å². The number of hydrogen-bond acceptors (Lipinski definition) is 4. The lowest BCUT2D eigenvalue weighted by Crippen LogP contribution is -2.36. The number of carbonyl (C=O) groups is 1. The van der Waals surface area contributed by atoms with Gasteiger partial charge in [-0.1, -0.05) is 12.1 Å². The molecule has 2 aromatic carbocycles. The molecule has 0 aliphatic carbocycles. The number of nitrogens with two attached hydrogens (primary N) is 1. The van der Waals surface area contributed by atoms with E-state index >= 15 is 0 Å². The van der Waals surface area contributed by atoms with Crippen LogP contribution in [-0.2, 0) is 17.6 Å². The highest BCUT2D eigenvalue weighted by molar-refractivity contribution is 5.96. The summed E-state index contributed by atoms with van der Waals surface area (Å²) in [6.07, 6.45) is 2.20. The summed E-state index contributed by atoms with van der Waals surface area (Å²) in [6, 6.07) is 11.4. The topological polar surface area (TPSA) is 64.8 Å². The fraction of sp³-hybridized carbons (Fsp3) is 0.278. The van der Waals surface area contributed by atoms with Crippen molar-refractivity contribution in [3.8, 4) is 11.5 Å². The standard InChI is InChI=1S/C18H18N2O3.ClH/c19-14-4-1-5-15-13(14)3-2-8-20(15)18(21)10-12-6-7-16-17(9-12)23-11-22-16;/h1,4-7,9H,2-3,8,10-11,19H2;1H. The zero-order chi connectivity index (χ0) is 15.8. The van der Waals surface area contributed by atoms with Crippen molar-refractivity contribution < 1.29 is 14.3 Å². The number of ether oxygens (including phenoxy) is 2. The molecule has 4 rings (SSSR count). The van der Waals surface area contributed by atoms with Crippen LogP contribution in [-0.4, -0.2) is 19.2 Å². The predicted octanol–water partition coefficient (Wildman–Crippen LogP) is 2.94. The number of carbonyl (C=O) groups excluding carboxylic acids is 1. The minimum absolute atomic E-state index is 0. The molecule has 0 atom stereocenters. The van der Waals surface area contributed by atoms with Crippen molar-refractivity contribution in [2.24, 2.45) is 0 Å². The van der Waals surface area contributed by atoms with Gasteiger partial charge in [-0.05, 0) is 48.2 Å². The maximum absolute atomic E-state index is 12.8. The smallest absolute Gasteiger partial charge is 0.231 e. The Morgan fingerprint density at radius 1 is 1.17 bits per heavy atom. The third-order valence-corrected chi connectivity index (χ3v) is 4.38. The SMILES string of the molecule is Cl.Nc1cccc2c1CCCN2C(=O)Cc1ccc2c(c1)OCO2. The van der Waals surface area contributed by atoms with Gasteiger partial charge in [0.1, 0.15) is 0 Å². The highest BCUT2D eigenvalue weighted by atomic mass is 35.5. The number of nitrogens with zero attached hydrogens (tertiary/aromatic N) is 1. The number of rotatable bonds is 2. The van der Waals surface area contributed by atoms with Crippen LogP contribution in [0, 0.1) is 0 Å². The van der Waals surface area contributed by atoms with E-state index in [1.165, 1.54) is 0 Å². The molecule has 0 aromatic heterocycles. The average molecular weight is 347 g/mol. The highest BCUT2D eigenvalue weighted by Gasteiger charge is 2.24. The number of amides is 1. The van der Waals surface area contributed by atoms with Crippen LogP contribution in [0.4, 0.5) is 11.4 Å². The highest BCUT2D eigenvalue weighted by Crippen LogP contribution is 2.34. The molecule has 24 heavy (non-hydrogen) atoms.